The maximum atomic E-state index is 12.9. The number of hydrogen-bond acceptors (Lipinski definition) is 3. The Hall–Kier alpha value is -3.93. The summed E-state index contributed by atoms with van der Waals surface area (Å²) < 4.78 is 1.87. The van der Waals surface area contributed by atoms with Crippen LogP contribution in [0.4, 0.5) is 0 Å². The highest BCUT2D eigenvalue weighted by molar-refractivity contribution is 5.84. The number of aromatic amines is 1. The Morgan fingerprint density at radius 3 is 2.65 bits per heavy atom. The summed E-state index contributed by atoms with van der Waals surface area (Å²) in [6, 6.07) is 20.6. The molecule has 34 heavy (non-hydrogen) atoms. The minimum atomic E-state index is 0.0383. The molecule has 0 saturated heterocycles. The maximum Gasteiger partial charge on any atom is 0.220 e. The Balaban J connectivity index is 1.32. The van der Waals surface area contributed by atoms with Gasteiger partial charge < -0.3 is 10.3 Å². The number of fused-ring (bicyclic) bond motifs is 2. The SMILES string of the molecule is Cc1cc2nc(C)c(CCC(=O)NCC(c3ccccc3)c3c[nH]c4ccccc34)c(C)n2n1. The van der Waals surface area contributed by atoms with Crippen LogP contribution in [0.2, 0.25) is 0 Å². The molecule has 5 rings (SSSR count). The van der Waals surface area contributed by atoms with Gasteiger partial charge in [0, 0.05) is 53.4 Å². The fraction of sp³-hybridized carbons (Fsp3) is 0.250. The van der Waals surface area contributed by atoms with Crippen LogP contribution < -0.4 is 5.32 Å². The Morgan fingerprint density at radius 1 is 1.06 bits per heavy atom. The molecule has 6 heteroatoms. The van der Waals surface area contributed by atoms with Crippen molar-refractivity contribution in [3.63, 3.8) is 0 Å². The zero-order valence-corrected chi connectivity index (χ0v) is 19.8. The predicted molar refractivity (Wildman–Crippen MR) is 135 cm³/mol. The van der Waals surface area contributed by atoms with Gasteiger partial charge in [-0.2, -0.15) is 5.10 Å². The van der Waals surface area contributed by atoms with E-state index in [-0.39, 0.29) is 11.8 Å². The molecule has 3 heterocycles. The van der Waals surface area contributed by atoms with Crippen molar-refractivity contribution in [3.8, 4) is 0 Å². The van der Waals surface area contributed by atoms with E-state index in [1.807, 2.05) is 55.6 Å². The van der Waals surface area contributed by atoms with Gasteiger partial charge in [0.25, 0.3) is 0 Å². The number of rotatable bonds is 7. The Labute approximate surface area is 199 Å². The van der Waals surface area contributed by atoms with Crippen molar-refractivity contribution >= 4 is 22.5 Å². The number of benzene rings is 2. The molecule has 0 saturated carbocycles. The number of aromatic nitrogens is 4. The van der Waals surface area contributed by atoms with E-state index in [1.165, 1.54) is 16.5 Å². The molecule has 6 nitrogen and oxygen atoms in total. The quantitative estimate of drug-likeness (QED) is 0.365. The van der Waals surface area contributed by atoms with Gasteiger partial charge in [0.05, 0.1) is 5.69 Å². The summed E-state index contributed by atoms with van der Waals surface area (Å²) in [5.41, 5.74) is 8.36. The van der Waals surface area contributed by atoms with Crippen LogP contribution in [0.25, 0.3) is 16.6 Å². The zero-order chi connectivity index (χ0) is 23.7. The van der Waals surface area contributed by atoms with Gasteiger partial charge in [-0.3, -0.25) is 4.79 Å². The first-order valence-electron chi connectivity index (χ1n) is 11.7. The van der Waals surface area contributed by atoms with Gasteiger partial charge in [-0.25, -0.2) is 9.50 Å². The molecule has 3 aromatic heterocycles. The van der Waals surface area contributed by atoms with Crippen LogP contribution in [0.1, 0.15) is 46.1 Å². The van der Waals surface area contributed by atoms with Crippen molar-refractivity contribution in [2.45, 2.75) is 39.5 Å². The normalized spacial score (nSPS) is 12.3. The van der Waals surface area contributed by atoms with Crippen LogP contribution in [0.5, 0.6) is 0 Å². The standard InChI is InChI=1S/C28H29N5O/c1-18-15-27-31-19(2)22(20(3)33(27)32-18)13-14-28(34)30-16-24(21-9-5-4-6-10-21)25-17-29-26-12-8-7-11-23(25)26/h4-12,15,17,24,29H,13-14,16H2,1-3H3,(H,30,34). The molecule has 0 spiro atoms. The molecule has 2 N–H and O–H groups in total. The first kappa shape index (κ1) is 21.9. The fourth-order valence-corrected chi connectivity index (χ4v) is 4.82. The molecule has 0 bridgehead atoms. The van der Waals surface area contributed by atoms with E-state index < -0.39 is 0 Å². The Kier molecular flexibility index (Phi) is 5.88. The molecule has 5 aromatic rings. The van der Waals surface area contributed by atoms with Gasteiger partial charge in [-0.05, 0) is 49.9 Å². The molecule has 0 aliphatic heterocycles. The van der Waals surface area contributed by atoms with Crippen molar-refractivity contribution in [2.24, 2.45) is 0 Å². The van der Waals surface area contributed by atoms with Gasteiger partial charge in [0.15, 0.2) is 5.65 Å². The average molecular weight is 452 g/mol. The summed E-state index contributed by atoms with van der Waals surface area (Å²) in [5, 5.41) is 8.91. The van der Waals surface area contributed by atoms with Crippen LogP contribution in [0, 0.1) is 20.8 Å². The lowest BCUT2D eigenvalue weighted by Crippen LogP contribution is -2.29. The lowest BCUT2D eigenvalue weighted by Gasteiger charge is -2.18. The minimum Gasteiger partial charge on any atom is -0.361 e. The number of H-pyrrole nitrogens is 1. The molecule has 1 unspecified atom stereocenters. The molecular weight excluding hydrogens is 422 g/mol. The average Bonchev–Trinajstić information content (AvgIpc) is 3.43. The first-order chi connectivity index (χ1) is 16.5. The molecule has 2 aromatic carbocycles. The number of para-hydroxylation sites is 1. The second-order valence-electron chi connectivity index (χ2n) is 8.87. The van der Waals surface area contributed by atoms with Gasteiger partial charge in [0.2, 0.25) is 5.91 Å². The number of carbonyl (C=O) groups is 1. The second-order valence-corrected chi connectivity index (χ2v) is 8.87. The molecule has 1 amide bonds. The summed E-state index contributed by atoms with van der Waals surface area (Å²) >= 11 is 0. The van der Waals surface area contributed by atoms with Gasteiger partial charge in [-0.1, -0.05) is 48.5 Å². The van der Waals surface area contributed by atoms with Crippen molar-refractivity contribution in [3.05, 3.63) is 101 Å². The van der Waals surface area contributed by atoms with Crippen LogP contribution in [0.15, 0.2) is 66.9 Å². The number of hydrogen-bond donors (Lipinski definition) is 2. The summed E-state index contributed by atoms with van der Waals surface area (Å²) in [7, 11) is 0. The number of nitrogens with zero attached hydrogens (tertiary/aromatic N) is 3. The number of amides is 1. The van der Waals surface area contributed by atoms with Gasteiger partial charge >= 0.3 is 0 Å². The van der Waals surface area contributed by atoms with E-state index in [1.54, 1.807) is 0 Å². The molecule has 0 aliphatic rings. The summed E-state index contributed by atoms with van der Waals surface area (Å²) in [6.45, 7) is 6.56. The molecular formula is C28H29N5O. The smallest absolute Gasteiger partial charge is 0.220 e. The van der Waals surface area contributed by atoms with Crippen molar-refractivity contribution in [1.82, 2.24) is 24.9 Å². The van der Waals surface area contributed by atoms with Crippen LogP contribution in [-0.2, 0) is 11.2 Å². The third-order valence-electron chi connectivity index (χ3n) is 6.59. The summed E-state index contributed by atoms with van der Waals surface area (Å²) in [4.78, 5) is 21.0. The predicted octanol–water partition coefficient (Wildman–Crippen LogP) is 5.02. The number of nitrogens with one attached hydrogen (secondary N) is 2. The molecule has 1 atom stereocenters. The lowest BCUT2D eigenvalue weighted by atomic mass is 9.91. The highest BCUT2D eigenvalue weighted by Crippen LogP contribution is 2.30. The maximum absolute atomic E-state index is 12.9. The second kappa shape index (κ2) is 9.14. The fourth-order valence-electron chi connectivity index (χ4n) is 4.82. The van der Waals surface area contributed by atoms with E-state index >= 15 is 0 Å². The van der Waals surface area contributed by atoms with Crippen molar-refractivity contribution in [2.75, 3.05) is 6.54 Å². The van der Waals surface area contributed by atoms with Crippen LogP contribution in [-0.4, -0.2) is 32.0 Å². The van der Waals surface area contributed by atoms with Crippen molar-refractivity contribution < 1.29 is 4.79 Å². The van der Waals surface area contributed by atoms with Gasteiger partial charge in [-0.15, -0.1) is 0 Å². The molecule has 0 aliphatic carbocycles. The Bertz CT molecular complexity index is 1460. The summed E-state index contributed by atoms with van der Waals surface area (Å²) in [6.07, 6.45) is 3.10. The van der Waals surface area contributed by atoms with Crippen LogP contribution >= 0.6 is 0 Å². The highest BCUT2D eigenvalue weighted by Gasteiger charge is 2.19. The third-order valence-corrected chi connectivity index (χ3v) is 6.59. The van der Waals surface area contributed by atoms with E-state index in [2.05, 4.69) is 56.9 Å². The lowest BCUT2D eigenvalue weighted by molar-refractivity contribution is -0.121. The van der Waals surface area contributed by atoms with E-state index in [9.17, 15) is 4.79 Å². The molecule has 0 fully saturated rings. The van der Waals surface area contributed by atoms with E-state index in [0.717, 1.165) is 33.8 Å². The number of carbonyl (C=O) groups excluding carboxylic acids is 1. The van der Waals surface area contributed by atoms with E-state index in [4.69, 9.17) is 0 Å². The van der Waals surface area contributed by atoms with Crippen molar-refractivity contribution in [1.29, 1.82) is 0 Å². The molecule has 172 valence electrons. The van der Waals surface area contributed by atoms with Crippen LogP contribution in [0.3, 0.4) is 0 Å². The monoisotopic (exact) mass is 451 g/mol. The largest absolute Gasteiger partial charge is 0.361 e. The Morgan fingerprint density at radius 2 is 1.82 bits per heavy atom. The topological polar surface area (TPSA) is 75.1 Å². The zero-order valence-electron chi connectivity index (χ0n) is 19.8. The van der Waals surface area contributed by atoms with E-state index in [0.29, 0.717) is 19.4 Å². The first-order valence-corrected chi connectivity index (χ1v) is 11.7. The third kappa shape index (κ3) is 4.19. The van der Waals surface area contributed by atoms with Gasteiger partial charge in [0.1, 0.15) is 0 Å². The summed E-state index contributed by atoms with van der Waals surface area (Å²) in [5.74, 6) is 0.103. The molecule has 0 radical (unpaired) electrons. The highest BCUT2D eigenvalue weighted by atomic mass is 16.1. The minimum absolute atomic E-state index is 0.0383. The number of aryl methyl sites for hydroxylation is 3.